The summed E-state index contributed by atoms with van der Waals surface area (Å²) < 4.78 is 27.6. The normalized spacial score (nSPS) is 13.0. The second-order valence-electron chi connectivity index (χ2n) is 4.28. The van der Waals surface area contributed by atoms with Crippen LogP contribution in [-0.4, -0.2) is 36.9 Å². The standard InChI is InChI=1S/C11H18N4O3S/c1-8(2)15(3)19(17,18)14-10-6-4-5-9(7-10)11(12)13-16/h4-8,14,16H,1-3H3,(H2,12,13). The summed E-state index contributed by atoms with van der Waals surface area (Å²) in [7, 11) is -2.14. The summed E-state index contributed by atoms with van der Waals surface area (Å²) in [6, 6.07) is 6.13. The Kier molecular flexibility index (Phi) is 4.73. The summed E-state index contributed by atoms with van der Waals surface area (Å²) >= 11 is 0. The lowest BCUT2D eigenvalue weighted by Gasteiger charge is -2.21. The van der Waals surface area contributed by atoms with Crippen molar-refractivity contribution < 1.29 is 13.6 Å². The van der Waals surface area contributed by atoms with Crippen molar-refractivity contribution in [2.24, 2.45) is 10.9 Å². The van der Waals surface area contributed by atoms with E-state index in [2.05, 4.69) is 9.88 Å². The molecule has 19 heavy (non-hydrogen) atoms. The number of nitrogens with two attached hydrogens (primary N) is 1. The lowest BCUT2D eigenvalue weighted by Crippen LogP contribution is -2.37. The van der Waals surface area contributed by atoms with Crippen LogP contribution in [0.25, 0.3) is 0 Å². The first-order valence-electron chi connectivity index (χ1n) is 5.61. The molecular formula is C11H18N4O3S. The molecule has 0 bridgehead atoms. The highest BCUT2D eigenvalue weighted by molar-refractivity contribution is 7.90. The molecule has 0 unspecified atom stereocenters. The number of hydrogen-bond acceptors (Lipinski definition) is 4. The van der Waals surface area contributed by atoms with E-state index in [4.69, 9.17) is 10.9 Å². The van der Waals surface area contributed by atoms with Crippen molar-refractivity contribution in [3.63, 3.8) is 0 Å². The Bertz CT molecular complexity index is 569. The first-order chi connectivity index (χ1) is 8.77. The Balaban J connectivity index is 3.01. The zero-order valence-electron chi connectivity index (χ0n) is 11.0. The monoisotopic (exact) mass is 286 g/mol. The number of hydrogen-bond donors (Lipinski definition) is 3. The number of nitrogens with zero attached hydrogens (tertiary/aromatic N) is 2. The minimum Gasteiger partial charge on any atom is -0.409 e. The summed E-state index contributed by atoms with van der Waals surface area (Å²) in [5, 5.41) is 11.5. The SMILES string of the molecule is CC(C)N(C)S(=O)(=O)Nc1cccc(/C(N)=N/O)c1. The average molecular weight is 286 g/mol. The van der Waals surface area contributed by atoms with Gasteiger partial charge in [-0.2, -0.15) is 12.7 Å². The van der Waals surface area contributed by atoms with E-state index in [0.29, 0.717) is 11.3 Å². The molecule has 0 radical (unpaired) electrons. The third-order valence-electron chi connectivity index (χ3n) is 2.62. The summed E-state index contributed by atoms with van der Waals surface area (Å²) in [5.41, 5.74) is 6.22. The number of benzene rings is 1. The predicted molar refractivity (Wildman–Crippen MR) is 74.4 cm³/mol. The van der Waals surface area contributed by atoms with Crippen LogP contribution in [-0.2, 0) is 10.2 Å². The first-order valence-corrected chi connectivity index (χ1v) is 7.05. The third-order valence-corrected chi connectivity index (χ3v) is 4.29. The van der Waals surface area contributed by atoms with Crippen molar-refractivity contribution >= 4 is 21.7 Å². The van der Waals surface area contributed by atoms with E-state index in [1.807, 2.05) is 0 Å². The zero-order chi connectivity index (χ0) is 14.6. The van der Waals surface area contributed by atoms with Gasteiger partial charge in [-0.05, 0) is 26.0 Å². The zero-order valence-corrected chi connectivity index (χ0v) is 11.8. The summed E-state index contributed by atoms with van der Waals surface area (Å²) in [6.07, 6.45) is 0. The Morgan fingerprint density at radius 1 is 1.47 bits per heavy atom. The molecule has 0 atom stereocenters. The molecule has 1 aromatic carbocycles. The van der Waals surface area contributed by atoms with Gasteiger partial charge in [-0.25, -0.2) is 0 Å². The predicted octanol–water partition coefficient (Wildman–Crippen LogP) is 0.778. The van der Waals surface area contributed by atoms with Crippen molar-refractivity contribution in [3.8, 4) is 0 Å². The van der Waals surface area contributed by atoms with Crippen LogP contribution in [0, 0.1) is 0 Å². The molecule has 1 rings (SSSR count). The topological polar surface area (TPSA) is 108 Å². The van der Waals surface area contributed by atoms with Gasteiger partial charge in [-0.15, -0.1) is 0 Å². The fourth-order valence-electron chi connectivity index (χ4n) is 1.30. The van der Waals surface area contributed by atoms with Crippen molar-refractivity contribution in [1.29, 1.82) is 0 Å². The number of amidine groups is 1. The highest BCUT2D eigenvalue weighted by Crippen LogP contribution is 2.14. The molecule has 8 heteroatoms. The molecule has 7 nitrogen and oxygen atoms in total. The molecule has 1 aromatic rings. The van der Waals surface area contributed by atoms with Crippen LogP contribution < -0.4 is 10.5 Å². The second kappa shape index (κ2) is 5.89. The lowest BCUT2D eigenvalue weighted by atomic mass is 10.2. The van der Waals surface area contributed by atoms with Crippen LogP contribution in [0.2, 0.25) is 0 Å². The quantitative estimate of drug-likeness (QED) is 0.321. The first kappa shape index (κ1) is 15.3. The number of oxime groups is 1. The van der Waals surface area contributed by atoms with Gasteiger partial charge in [0.25, 0.3) is 0 Å². The van der Waals surface area contributed by atoms with Crippen LogP contribution in [0.5, 0.6) is 0 Å². The maximum Gasteiger partial charge on any atom is 0.301 e. The molecule has 4 N–H and O–H groups in total. The van der Waals surface area contributed by atoms with Crippen LogP contribution in [0.3, 0.4) is 0 Å². The Morgan fingerprint density at radius 2 is 2.11 bits per heavy atom. The smallest absolute Gasteiger partial charge is 0.301 e. The Morgan fingerprint density at radius 3 is 2.63 bits per heavy atom. The van der Waals surface area contributed by atoms with Gasteiger partial charge in [0.1, 0.15) is 0 Å². The van der Waals surface area contributed by atoms with Crippen LogP contribution in [0.1, 0.15) is 19.4 Å². The summed E-state index contributed by atoms with van der Waals surface area (Å²) in [5.74, 6) is -0.0849. The van der Waals surface area contributed by atoms with E-state index < -0.39 is 10.2 Å². The lowest BCUT2D eigenvalue weighted by molar-refractivity contribution is 0.318. The Labute approximate surface area is 112 Å². The molecule has 0 amide bonds. The van der Waals surface area contributed by atoms with Crippen LogP contribution in [0.15, 0.2) is 29.4 Å². The molecule has 0 aromatic heterocycles. The Hall–Kier alpha value is -1.80. The van der Waals surface area contributed by atoms with Crippen LogP contribution >= 0.6 is 0 Å². The number of rotatable bonds is 5. The average Bonchev–Trinajstić information content (AvgIpc) is 2.36. The van der Waals surface area contributed by atoms with Crippen LogP contribution in [0.4, 0.5) is 5.69 Å². The molecule has 0 aliphatic heterocycles. The van der Waals surface area contributed by atoms with Gasteiger partial charge in [0.2, 0.25) is 0 Å². The molecule has 0 aliphatic carbocycles. The minimum absolute atomic E-state index is 0.0849. The fraction of sp³-hybridized carbons (Fsp3) is 0.364. The molecule has 0 saturated carbocycles. The molecule has 0 heterocycles. The van der Waals surface area contributed by atoms with E-state index in [9.17, 15) is 8.42 Å². The van der Waals surface area contributed by atoms with Gasteiger partial charge in [-0.1, -0.05) is 17.3 Å². The highest BCUT2D eigenvalue weighted by Gasteiger charge is 2.20. The molecule has 0 fully saturated rings. The largest absolute Gasteiger partial charge is 0.409 e. The number of anilines is 1. The van der Waals surface area contributed by atoms with Gasteiger partial charge in [0.05, 0.1) is 5.69 Å². The molecule has 0 spiro atoms. The molecule has 0 saturated heterocycles. The van der Waals surface area contributed by atoms with E-state index in [1.165, 1.54) is 17.4 Å². The van der Waals surface area contributed by atoms with Crippen molar-refractivity contribution in [2.75, 3.05) is 11.8 Å². The van der Waals surface area contributed by atoms with Crippen molar-refractivity contribution in [1.82, 2.24) is 4.31 Å². The maximum absolute atomic E-state index is 12.0. The van der Waals surface area contributed by atoms with E-state index in [-0.39, 0.29) is 11.9 Å². The van der Waals surface area contributed by atoms with Gasteiger partial charge in [-0.3, -0.25) is 4.72 Å². The molecular weight excluding hydrogens is 268 g/mol. The number of nitrogens with one attached hydrogen (secondary N) is 1. The maximum atomic E-state index is 12.0. The van der Waals surface area contributed by atoms with E-state index in [0.717, 1.165) is 0 Å². The highest BCUT2D eigenvalue weighted by atomic mass is 32.2. The van der Waals surface area contributed by atoms with E-state index in [1.54, 1.807) is 32.0 Å². The van der Waals surface area contributed by atoms with Gasteiger partial charge >= 0.3 is 10.2 Å². The second-order valence-corrected chi connectivity index (χ2v) is 6.01. The fourth-order valence-corrected chi connectivity index (χ4v) is 2.42. The summed E-state index contributed by atoms with van der Waals surface area (Å²) in [4.78, 5) is 0. The molecule has 106 valence electrons. The summed E-state index contributed by atoms with van der Waals surface area (Å²) in [6.45, 7) is 3.54. The van der Waals surface area contributed by atoms with E-state index >= 15 is 0 Å². The van der Waals surface area contributed by atoms with Gasteiger partial charge in [0.15, 0.2) is 5.84 Å². The van der Waals surface area contributed by atoms with Gasteiger partial charge < -0.3 is 10.9 Å². The minimum atomic E-state index is -3.62. The molecule has 0 aliphatic rings. The van der Waals surface area contributed by atoms with Crippen molar-refractivity contribution in [3.05, 3.63) is 29.8 Å². The van der Waals surface area contributed by atoms with Gasteiger partial charge in [0, 0.05) is 18.7 Å². The third kappa shape index (κ3) is 3.83. The van der Waals surface area contributed by atoms with Crippen molar-refractivity contribution in [2.45, 2.75) is 19.9 Å².